The molecular weight excluding hydrogens is 458 g/mol. The van der Waals surface area contributed by atoms with Gasteiger partial charge in [0.2, 0.25) is 0 Å². The molecule has 0 fully saturated rings. The van der Waals surface area contributed by atoms with Crippen LogP contribution >= 0.6 is 0 Å². The molecule has 196 valence electrons. The van der Waals surface area contributed by atoms with Crippen LogP contribution < -0.4 is 10.2 Å². The predicted molar refractivity (Wildman–Crippen MR) is 139 cm³/mol. The fourth-order valence-electron chi connectivity index (χ4n) is 4.62. The lowest BCUT2D eigenvalue weighted by Crippen LogP contribution is -2.43. The summed E-state index contributed by atoms with van der Waals surface area (Å²) in [5.74, 6) is -0.908. The number of likely N-dealkylation sites (N-methyl/N-ethyl adjacent to an activating group) is 1. The molecule has 0 saturated carbocycles. The summed E-state index contributed by atoms with van der Waals surface area (Å²) >= 11 is 0. The molecule has 0 aliphatic heterocycles. The maximum Gasteiger partial charge on any atom is 0.408 e. The average Bonchev–Trinajstić information content (AvgIpc) is 3.28. The van der Waals surface area contributed by atoms with E-state index in [4.69, 9.17) is 9.47 Å². The van der Waals surface area contributed by atoms with Crippen molar-refractivity contribution < 1.29 is 23.9 Å². The average molecular weight is 498 g/mol. The highest BCUT2D eigenvalue weighted by molar-refractivity contribution is 6.00. The van der Waals surface area contributed by atoms with Crippen molar-refractivity contribution in [3.63, 3.8) is 0 Å². The van der Waals surface area contributed by atoms with Gasteiger partial charge in [-0.05, 0) is 67.2 Å². The van der Waals surface area contributed by atoms with E-state index in [-0.39, 0.29) is 22.4 Å². The minimum absolute atomic E-state index is 0.0215. The summed E-state index contributed by atoms with van der Waals surface area (Å²) < 4.78 is 10.2. The molecule has 2 aromatic rings. The van der Waals surface area contributed by atoms with Crippen molar-refractivity contribution in [2.45, 2.75) is 83.8 Å². The van der Waals surface area contributed by atoms with Crippen LogP contribution in [0.1, 0.15) is 94.5 Å². The van der Waals surface area contributed by atoms with Crippen molar-refractivity contribution in [1.82, 2.24) is 10.3 Å². The summed E-state index contributed by atoms with van der Waals surface area (Å²) in [6.45, 7) is 14.2. The van der Waals surface area contributed by atoms with E-state index in [9.17, 15) is 14.4 Å². The zero-order valence-corrected chi connectivity index (χ0v) is 22.9. The largest absolute Gasteiger partial charge is 0.464 e. The van der Waals surface area contributed by atoms with Crippen molar-refractivity contribution in [2.75, 3.05) is 19.1 Å². The first kappa shape index (κ1) is 27.3. The second-order valence-electron chi connectivity index (χ2n) is 11.8. The van der Waals surface area contributed by atoms with E-state index in [0.717, 1.165) is 12.8 Å². The molecule has 2 N–H and O–H groups in total. The van der Waals surface area contributed by atoms with Crippen LogP contribution in [0.15, 0.2) is 30.5 Å². The Morgan fingerprint density at radius 2 is 1.64 bits per heavy atom. The fraction of sp³-hybridized carbons (Fsp3) is 0.536. The lowest BCUT2D eigenvalue weighted by molar-refractivity contribution is -0.120. The smallest absolute Gasteiger partial charge is 0.408 e. The highest BCUT2D eigenvalue weighted by Gasteiger charge is 2.38. The minimum Gasteiger partial charge on any atom is -0.464 e. The molecule has 0 saturated heterocycles. The second kappa shape index (κ2) is 9.64. The van der Waals surface area contributed by atoms with E-state index in [0.29, 0.717) is 11.3 Å². The molecule has 1 aromatic heterocycles. The number of alkyl carbamates (subject to hydrolysis) is 1. The van der Waals surface area contributed by atoms with Gasteiger partial charge in [-0.1, -0.05) is 45.9 Å². The van der Waals surface area contributed by atoms with Gasteiger partial charge >= 0.3 is 12.1 Å². The first-order chi connectivity index (χ1) is 16.6. The van der Waals surface area contributed by atoms with E-state index in [1.54, 1.807) is 34.0 Å². The highest BCUT2D eigenvalue weighted by Crippen LogP contribution is 2.46. The Morgan fingerprint density at radius 1 is 1.03 bits per heavy atom. The zero-order valence-electron chi connectivity index (χ0n) is 22.9. The second-order valence-corrected chi connectivity index (χ2v) is 11.8. The molecule has 1 heterocycles. The van der Waals surface area contributed by atoms with Crippen LogP contribution in [0.2, 0.25) is 0 Å². The van der Waals surface area contributed by atoms with Crippen molar-refractivity contribution in [3.05, 3.63) is 52.8 Å². The van der Waals surface area contributed by atoms with Gasteiger partial charge in [-0.3, -0.25) is 4.79 Å². The summed E-state index contributed by atoms with van der Waals surface area (Å²) in [5, 5.41) is 2.78. The Morgan fingerprint density at radius 3 is 2.22 bits per heavy atom. The molecule has 1 unspecified atom stereocenters. The quantitative estimate of drug-likeness (QED) is 0.540. The van der Waals surface area contributed by atoms with Gasteiger partial charge in [-0.25, -0.2) is 9.59 Å². The number of nitrogens with one attached hydrogen (secondary N) is 2. The Balaban J connectivity index is 2.03. The Hall–Kier alpha value is -3.29. The number of ether oxygens (including phenoxy) is 2. The van der Waals surface area contributed by atoms with Crippen LogP contribution in [0.25, 0.3) is 0 Å². The number of hydrogen-bond acceptors (Lipinski definition) is 5. The standard InChI is InChI=1S/C28H39N3O5/c1-26(2,3)36-25(34)30-22(23(32)31(8)18-15-21(29-16-18)24(33)35-9)17-10-11-19-20(14-17)28(6,7)13-12-27(19,4)5/h10-11,14-16,22,29H,12-13H2,1-9H3,(H,30,34). The number of carbonyl (C=O) groups is 3. The summed E-state index contributed by atoms with van der Waals surface area (Å²) in [4.78, 5) is 42.7. The molecule has 2 amide bonds. The molecule has 8 heteroatoms. The maximum absolute atomic E-state index is 13.8. The maximum atomic E-state index is 13.8. The lowest BCUT2D eigenvalue weighted by atomic mass is 9.63. The fourth-order valence-corrected chi connectivity index (χ4v) is 4.62. The van der Waals surface area contributed by atoms with Crippen molar-refractivity contribution >= 4 is 23.7 Å². The number of esters is 1. The minimum atomic E-state index is -0.993. The number of benzene rings is 1. The van der Waals surface area contributed by atoms with Crippen LogP contribution in [-0.2, 0) is 25.1 Å². The van der Waals surface area contributed by atoms with E-state index >= 15 is 0 Å². The molecule has 1 aliphatic carbocycles. The third-order valence-electron chi connectivity index (χ3n) is 6.91. The molecule has 0 radical (unpaired) electrons. The van der Waals surface area contributed by atoms with Crippen molar-refractivity contribution in [2.24, 2.45) is 0 Å². The molecule has 0 spiro atoms. The number of methoxy groups -OCH3 is 1. The molecule has 1 aromatic carbocycles. The van der Waals surface area contributed by atoms with Crippen LogP contribution in [-0.4, -0.2) is 42.7 Å². The zero-order chi connectivity index (χ0) is 27.1. The Kier molecular flexibility index (Phi) is 7.31. The number of aromatic amines is 1. The third kappa shape index (κ3) is 5.74. The molecule has 1 aliphatic rings. The van der Waals surface area contributed by atoms with Gasteiger partial charge in [0.15, 0.2) is 0 Å². The van der Waals surface area contributed by atoms with Gasteiger partial charge in [0.25, 0.3) is 5.91 Å². The van der Waals surface area contributed by atoms with E-state index in [2.05, 4.69) is 44.1 Å². The van der Waals surface area contributed by atoms with E-state index < -0.39 is 23.7 Å². The Labute approximate surface area is 213 Å². The summed E-state index contributed by atoms with van der Waals surface area (Å²) in [5.41, 5.74) is 3.03. The lowest BCUT2D eigenvalue weighted by Gasteiger charge is -2.42. The molecule has 8 nitrogen and oxygen atoms in total. The monoisotopic (exact) mass is 497 g/mol. The SMILES string of the molecule is COC(=O)c1cc(N(C)C(=O)C(NC(=O)OC(C)(C)C)c2ccc3c(c2)C(C)(C)CCC3(C)C)c[nH]1. The number of amides is 2. The first-order valence-corrected chi connectivity index (χ1v) is 12.2. The van der Waals surface area contributed by atoms with Crippen molar-refractivity contribution in [3.8, 4) is 0 Å². The first-order valence-electron chi connectivity index (χ1n) is 12.2. The number of fused-ring (bicyclic) bond motifs is 1. The normalized spacial score (nSPS) is 16.9. The number of hydrogen-bond donors (Lipinski definition) is 2. The molecule has 36 heavy (non-hydrogen) atoms. The van der Waals surface area contributed by atoms with Crippen LogP contribution in [0, 0.1) is 0 Å². The van der Waals surface area contributed by atoms with Crippen LogP contribution in [0.4, 0.5) is 10.5 Å². The van der Waals surface area contributed by atoms with Gasteiger partial charge in [0.05, 0.1) is 12.8 Å². The predicted octanol–water partition coefficient (Wildman–Crippen LogP) is 5.38. The molecular formula is C28H39N3O5. The van der Waals surface area contributed by atoms with E-state index in [1.165, 1.54) is 29.2 Å². The van der Waals surface area contributed by atoms with Crippen LogP contribution in [0.3, 0.4) is 0 Å². The molecule has 1 atom stereocenters. The van der Waals surface area contributed by atoms with Gasteiger partial charge in [0, 0.05) is 13.2 Å². The Bertz CT molecular complexity index is 1160. The number of rotatable bonds is 5. The number of anilines is 1. The summed E-state index contributed by atoms with van der Waals surface area (Å²) in [6, 6.07) is 6.57. The molecule has 0 bridgehead atoms. The highest BCUT2D eigenvalue weighted by atomic mass is 16.6. The topological polar surface area (TPSA) is 101 Å². The number of nitrogens with zero attached hydrogens (tertiary/aromatic N) is 1. The van der Waals surface area contributed by atoms with E-state index in [1.807, 2.05) is 12.1 Å². The molecule has 3 rings (SSSR count). The van der Waals surface area contributed by atoms with Gasteiger partial charge in [0.1, 0.15) is 17.3 Å². The summed E-state index contributed by atoms with van der Waals surface area (Å²) in [6.07, 6.45) is 2.96. The number of aromatic nitrogens is 1. The number of carbonyl (C=O) groups excluding carboxylic acids is 3. The van der Waals surface area contributed by atoms with Crippen LogP contribution in [0.5, 0.6) is 0 Å². The van der Waals surface area contributed by atoms with Gasteiger partial charge in [-0.2, -0.15) is 0 Å². The summed E-state index contributed by atoms with van der Waals surface area (Å²) in [7, 11) is 2.89. The van der Waals surface area contributed by atoms with Gasteiger partial charge in [-0.15, -0.1) is 0 Å². The number of H-pyrrole nitrogens is 1. The third-order valence-corrected chi connectivity index (χ3v) is 6.91. The van der Waals surface area contributed by atoms with Gasteiger partial charge < -0.3 is 24.7 Å². The van der Waals surface area contributed by atoms with Crippen molar-refractivity contribution in [1.29, 1.82) is 0 Å².